The lowest BCUT2D eigenvalue weighted by Gasteiger charge is -2.18. The maximum Gasteiger partial charge on any atom is 0.255 e. The number of benzene rings is 3. The summed E-state index contributed by atoms with van der Waals surface area (Å²) in [6.07, 6.45) is 2.47. The maximum atomic E-state index is 15.8. The van der Waals surface area contributed by atoms with Crippen LogP contribution < -0.4 is 15.4 Å². The summed E-state index contributed by atoms with van der Waals surface area (Å²) >= 11 is 0. The SMILES string of the molecule is CNC(=O)C1c2cc(-c3cccc(C(=O)NC4(c5ccccn5)CC4)c3F)ccc2OC1c1ccc(F)cc1. The molecule has 0 bridgehead atoms. The number of rotatable bonds is 6. The smallest absolute Gasteiger partial charge is 0.255 e. The second-order valence-corrected chi connectivity index (χ2v) is 9.85. The summed E-state index contributed by atoms with van der Waals surface area (Å²) in [5, 5.41) is 5.65. The minimum atomic E-state index is -0.724. The first-order valence-corrected chi connectivity index (χ1v) is 12.7. The number of nitrogens with one attached hydrogen (secondary N) is 2. The number of pyridine rings is 1. The van der Waals surface area contributed by atoms with Crippen molar-refractivity contribution in [2.45, 2.75) is 30.4 Å². The molecule has 2 heterocycles. The summed E-state index contributed by atoms with van der Waals surface area (Å²) in [6, 6.07) is 21.1. The molecule has 2 N–H and O–H groups in total. The summed E-state index contributed by atoms with van der Waals surface area (Å²) in [7, 11) is 1.53. The number of fused-ring (bicyclic) bond motifs is 1. The van der Waals surface area contributed by atoms with Crippen LogP contribution in [0, 0.1) is 11.6 Å². The number of aromatic nitrogens is 1. The van der Waals surface area contributed by atoms with Crippen molar-refractivity contribution in [2.75, 3.05) is 7.05 Å². The van der Waals surface area contributed by atoms with E-state index in [0.717, 1.165) is 18.5 Å². The average Bonchev–Trinajstić information content (AvgIpc) is 3.64. The Labute approximate surface area is 224 Å². The van der Waals surface area contributed by atoms with Crippen LogP contribution in [0.25, 0.3) is 11.1 Å². The summed E-state index contributed by atoms with van der Waals surface area (Å²) < 4.78 is 35.5. The standard InChI is InChI=1S/C31H25F2N3O3/c1-34-30(38)26-23-17-19(10-13-24(23)39-28(26)18-8-11-20(32)12-9-18)21-5-4-6-22(27(21)33)29(37)36-31(14-15-31)25-7-2-3-16-35-25/h2-13,16-17,26,28H,14-15H2,1H3,(H,34,38)(H,36,37). The normalized spacial score (nSPS) is 18.5. The van der Waals surface area contributed by atoms with Gasteiger partial charge in [0.1, 0.15) is 29.4 Å². The Kier molecular flexibility index (Phi) is 6.10. The van der Waals surface area contributed by atoms with Gasteiger partial charge in [0.25, 0.3) is 5.91 Å². The van der Waals surface area contributed by atoms with Crippen LogP contribution in [0.1, 0.15) is 52.0 Å². The monoisotopic (exact) mass is 525 g/mol. The fourth-order valence-electron chi connectivity index (χ4n) is 5.21. The van der Waals surface area contributed by atoms with Gasteiger partial charge >= 0.3 is 0 Å². The van der Waals surface area contributed by atoms with Gasteiger partial charge in [0.2, 0.25) is 5.91 Å². The van der Waals surface area contributed by atoms with Gasteiger partial charge in [-0.05, 0) is 66.4 Å². The van der Waals surface area contributed by atoms with Crippen molar-refractivity contribution in [3.8, 4) is 16.9 Å². The molecular weight excluding hydrogens is 500 g/mol. The summed E-state index contributed by atoms with van der Waals surface area (Å²) in [5.41, 5.74) is 2.07. The van der Waals surface area contributed by atoms with E-state index < -0.39 is 29.3 Å². The van der Waals surface area contributed by atoms with Gasteiger partial charge in [-0.3, -0.25) is 14.6 Å². The van der Waals surface area contributed by atoms with Crippen LogP contribution in [-0.2, 0) is 10.3 Å². The van der Waals surface area contributed by atoms with Crippen molar-refractivity contribution in [3.05, 3.63) is 119 Å². The molecule has 196 valence electrons. The zero-order valence-corrected chi connectivity index (χ0v) is 21.1. The zero-order chi connectivity index (χ0) is 27.1. The Balaban J connectivity index is 1.32. The van der Waals surface area contributed by atoms with Crippen LogP contribution in [0.2, 0.25) is 0 Å². The summed E-state index contributed by atoms with van der Waals surface area (Å²) in [4.78, 5) is 30.5. The number of ether oxygens (including phenoxy) is 1. The van der Waals surface area contributed by atoms with Gasteiger partial charge in [0.05, 0.1) is 16.8 Å². The van der Waals surface area contributed by atoms with Crippen molar-refractivity contribution in [1.29, 1.82) is 0 Å². The van der Waals surface area contributed by atoms with Gasteiger partial charge in [-0.25, -0.2) is 8.78 Å². The highest BCUT2D eigenvalue weighted by atomic mass is 19.1. The first-order chi connectivity index (χ1) is 18.9. The van der Waals surface area contributed by atoms with Gasteiger partial charge in [-0.15, -0.1) is 0 Å². The third-order valence-corrected chi connectivity index (χ3v) is 7.44. The van der Waals surface area contributed by atoms with E-state index in [-0.39, 0.29) is 22.9 Å². The van der Waals surface area contributed by atoms with E-state index in [9.17, 15) is 14.0 Å². The van der Waals surface area contributed by atoms with E-state index >= 15 is 4.39 Å². The number of likely N-dealkylation sites (N-methyl/N-ethyl adjacent to an activating group) is 1. The molecule has 1 aliphatic carbocycles. The van der Waals surface area contributed by atoms with Gasteiger partial charge in [0, 0.05) is 24.4 Å². The van der Waals surface area contributed by atoms with Gasteiger partial charge in [-0.1, -0.05) is 36.4 Å². The fraction of sp³-hybridized carbons (Fsp3) is 0.194. The molecular formula is C31H25F2N3O3. The summed E-state index contributed by atoms with van der Waals surface area (Å²) in [5.74, 6) is -2.07. The van der Waals surface area contributed by atoms with Gasteiger partial charge < -0.3 is 15.4 Å². The van der Waals surface area contributed by atoms with E-state index in [2.05, 4.69) is 15.6 Å². The average molecular weight is 526 g/mol. The molecule has 39 heavy (non-hydrogen) atoms. The Morgan fingerprint density at radius 2 is 1.77 bits per heavy atom. The lowest BCUT2D eigenvalue weighted by Crippen LogP contribution is -2.36. The van der Waals surface area contributed by atoms with Crippen LogP contribution in [-0.4, -0.2) is 23.8 Å². The van der Waals surface area contributed by atoms with Gasteiger partial charge in [-0.2, -0.15) is 0 Å². The molecule has 3 aromatic carbocycles. The van der Waals surface area contributed by atoms with Crippen molar-refractivity contribution >= 4 is 11.8 Å². The number of hydrogen-bond acceptors (Lipinski definition) is 4. The fourth-order valence-corrected chi connectivity index (χ4v) is 5.21. The Bertz CT molecular complexity index is 1570. The quantitative estimate of drug-likeness (QED) is 0.353. The van der Waals surface area contributed by atoms with Gasteiger partial charge in [0.15, 0.2) is 0 Å². The van der Waals surface area contributed by atoms with Crippen LogP contribution in [0.4, 0.5) is 8.78 Å². The first kappa shape index (κ1) is 24.7. The molecule has 1 aliphatic heterocycles. The molecule has 8 heteroatoms. The van der Waals surface area contributed by atoms with E-state index in [1.165, 1.54) is 25.2 Å². The number of nitrogens with zero attached hydrogens (tertiary/aromatic N) is 1. The molecule has 2 amide bonds. The molecule has 2 unspecified atom stereocenters. The van der Waals surface area contributed by atoms with Crippen molar-refractivity contribution in [3.63, 3.8) is 0 Å². The molecule has 1 saturated carbocycles. The van der Waals surface area contributed by atoms with Crippen molar-refractivity contribution in [2.24, 2.45) is 0 Å². The lowest BCUT2D eigenvalue weighted by atomic mass is 9.88. The van der Waals surface area contributed by atoms with Crippen molar-refractivity contribution in [1.82, 2.24) is 15.6 Å². The van der Waals surface area contributed by atoms with E-state index in [0.29, 0.717) is 22.4 Å². The number of halogens is 2. The van der Waals surface area contributed by atoms with E-state index in [4.69, 9.17) is 4.74 Å². The molecule has 6 rings (SSSR count). The Morgan fingerprint density at radius 1 is 0.974 bits per heavy atom. The minimum Gasteiger partial charge on any atom is -0.484 e. The highest BCUT2D eigenvalue weighted by Crippen LogP contribution is 2.48. The molecule has 6 nitrogen and oxygen atoms in total. The number of carbonyl (C=O) groups is 2. The van der Waals surface area contributed by atoms with E-state index in [1.807, 2.05) is 18.2 Å². The number of hydrogen-bond donors (Lipinski definition) is 2. The first-order valence-electron chi connectivity index (χ1n) is 12.7. The topological polar surface area (TPSA) is 80.3 Å². The highest BCUT2D eigenvalue weighted by molar-refractivity contribution is 5.97. The van der Waals surface area contributed by atoms with E-state index in [1.54, 1.807) is 48.7 Å². The second kappa shape index (κ2) is 9.62. The number of amides is 2. The predicted octanol–water partition coefficient (Wildman–Crippen LogP) is 5.41. The molecule has 4 aromatic rings. The summed E-state index contributed by atoms with van der Waals surface area (Å²) in [6.45, 7) is 0. The third kappa shape index (κ3) is 4.41. The molecule has 2 aliphatic rings. The largest absolute Gasteiger partial charge is 0.484 e. The van der Waals surface area contributed by atoms with Crippen molar-refractivity contribution < 1.29 is 23.1 Å². The van der Waals surface area contributed by atoms with Crippen LogP contribution >= 0.6 is 0 Å². The zero-order valence-electron chi connectivity index (χ0n) is 21.1. The molecule has 0 saturated heterocycles. The highest BCUT2D eigenvalue weighted by Gasteiger charge is 2.47. The molecule has 0 spiro atoms. The minimum absolute atomic E-state index is 0.0708. The van der Waals surface area contributed by atoms with Crippen LogP contribution in [0.15, 0.2) is 85.1 Å². The predicted molar refractivity (Wildman–Crippen MR) is 141 cm³/mol. The molecule has 2 atom stereocenters. The van der Waals surface area contributed by atoms with Crippen LogP contribution in [0.5, 0.6) is 5.75 Å². The molecule has 0 radical (unpaired) electrons. The Hall–Kier alpha value is -4.59. The maximum absolute atomic E-state index is 15.8. The second-order valence-electron chi connectivity index (χ2n) is 9.85. The number of carbonyl (C=O) groups excluding carboxylic acids is 2. The molecule has 1 aromatic heterocycles. The molecule has 1 fully saturated rings. The lowest BCUT2D eigenvalue weighted by molar-refractivity contribution is -0.123. The van der Waals surface area contributed by atoms with Crippen LogP contribution in [0.3, 0.4) is 0 Å². The third-order valence-electron chi connectivity index (χ3n) is 7.44. The Morgan fingerprint density at radius 3 is 2.46 bits per heavy atom.